The molecule has 0 aliphatic heterocycles. The maximum absolute atomic E-state index is 8.22. The van der Waals surface area contributed by atoms with Crippen LogP contribution in [0.25, 0.3) is 66.0 Å². The van der Waals surface area contributed by atoms with Gasteiger partial charge in [0.15, 0.2) is 0 Å². The first-order valence-corrected chi connectivity index (χ1v) is 15.3. The minimum atomic E-state index is -0.634. The third-order valence-corrected chi connectivity index (χ3v) is 8.31. The van der Waals surface area contributed by atoms with Crippen molar-refractivity contribution >= 4 is 43.5 Å². The molecule has 0 spiro atoms. The second kappa shape index (κ2) is 13.4. The van der Waals surface area contributed by atoms with Crippen LogP contribution in [0, 0.1) is 12.1 Å². The average Bonchev–Trinajstić information content (AvgIpc) is 3.46. The first kappa shape index (κ1) is 30.0. The summed E-state index contributed by atoms with van der Waals surface area (Å²) in [5, 5.41) is 7.07. The van der Waals surface area contributed by atoms with E-state index in [-0.39, 0.29) is 20.1 Å². The summed E-state index contributed by atoms with van der Waals surface area (Å²) in [7, 11) is 0. The van der Waals surface area contributed by atoms with Gasteiger partial charge in [0, 0.05) is 44.6 Å². The molecule has 0 saturated carbocycles. The molecular formula is C42H34IrN2O-2. The van der Waals surface area contributed by atoms with E-state index in [1.165, 1.54) is 27.1 Å². The topological polar surface area (TPSA) is 38.9 Å². The summed E-state index contributed by atoms with van der Waals surface area (Å²) in [5.74, 6) is -0.204. The first-order chi connectivity index (χ1) is 22.3. The molecule has 0 aliphatic carbocycles. The van der Waals surface area contributed by atoms with Gasteiger partial charge in [-0.05, 0) is 46.3 Å². The van der Waals surface area contributed by atoms with Gasteiger partial charge in [-0.25, -0.2) is 0 Å². The number of pyridine rings is 2. The summed E-state index contributed by atoms with van der Waals surface area (Å²) in [6, 6.07) is 43.5. The number of hydrogen-bond donors (Lipinski definition) is 0. The van der Waals surface area contributed by atoms with Crippen LogP contribution in [0.4, 0.5) is 0 Å². The van der Waals surface area contributed by atoms with Crippen molar-refractivity contribution in [2.45, 2.75) is 39.5 Å². The van der Waals surface area contributed by atoms with Gasteiger partial charge in [0.1, 0.15) is 11.2 Å². The molecule has 0 amide bonds. The zero-order valence-electron chi connectivity index (χ0n) is 27.3. The van der Waals surface area contributed by atoms with E-state index in [9.17, 15) is 0 Å². The van der Waals surface area contributed by atoms with E-state index < -0.39 is 5.89 Å². The number of nitrogens with zero attached hydrogens (tertiary/aromatic N) is 2. The molecule has 0 unspecified atom stereocenters. The second-order valence-electron chi connectivity index (χ2n) is 11.9. The molecular weight excluding hydrogens is 741 g/mol. The Balaban J connectivity index is 0.000000161. The molecule has 8 aromatic rings. The molecule has 3 nitrogen and oxygen atoms in total. The Labute approximate surface area is 285 Å². The molecule has 3 heterocycles. The Morgan fingerprint density at radius 3 is 2.26 bits per heavy atom. The van der Waals surface area contributed by atoms with E-state index in [1.807, 2.05) is 68.6 Å². The van der Waals surface area contributed by atoms with Crippen molar-refractivity contribution in [1.29, 1.82) is 0 Å². The maximum Gasteiger partial charge on any atom is 0.138 e. The number of hydrogen-bond acceptors (Lipinski definition) is 3. The molecule has 1 radical (unpaired) electrons. The Morgan fingerprint density at radius 1 is 0.674 bits per heavy atom. The normalized spacial score (nSPS) is 11.8. The predicted molar refractivity (Wildman–Crippen MR) is 187 cm³/mol. The third-order valence-electron chi connectivity index (χ3n) is 8.31. The molecule has 229 valence electrons. The molecule has 0 saturated heterocycles. The molecule has 0 aliphatic rings. The molecule has 4 heteroatoms. The van der Waals surface area contributed by atoms with Crippen molar-refractivity contribution in [3.63, 3.8) is 0 Å². The van der Waals surface area contributed by atoms with Crippen LogP contribution in [0.1, 0.15) is 52.0 Å². The van der Waals surface area contributed by atoms with Crippen LogP contribution in [0.2, 0.25) is 0 Å². The molecule has 3 aromatic heterocycles. The number of furan rings is 1. The van der Waals surface area contributed by atoms with Gasteiger partial charge in [-0.3, -0.25) is 0 Å². The number of aromatic nitrogens is 2. The molecule has 0 N–H and O–H groups in total. The van der Waals surface area contributed by atoms with Crippen molar-refractivity contribution in [2.24, 2.45) is 0 Å². The molecule has 8 rings (SSSR count). The monoisotopic (exact) mass is 776 g/mol. The fourth-order valence-electron chi connectivity index (χ4n) is 5.85. The minimum Gasteiger partial charge on any atom is -0.456 e. The van der Waals surface area contributed by atoms with Crippen LogP contribution >= 0.6 is 0 Å². The van der Waals surface area contributed by atoms with E-state index in [4.69, 9.17) is 5.79 Å². The minimum absolute atomic E-state index is 0. The van der Waals surface area contributed by atoms with Gasteiger partial charge in [0.05, 0.1) is 0 Å². The standard InChI is InChI=1S/C22H18N.C20H16NO.Ir/c1-15(2)17-11-12-23-22(14-17)19-9-10-21-18(13-19)8-7-16-5-3-4-6-20(16)21;1-13(2)15-9-6-10-16-17-12-21-18(11-19(17)22-20(15)16)14-7-4-3-5-8-14;/h3-8,10-15H,1-2H3;3-7,9-13H,1-2H3;/q2*-1;/i15D;;. The van der Waals surface area contributed by atoms with E-state index in [2.05, 4.69) is 96.6 Å². The van der Waals surface area contributed by atoms with Gasteiger partial charge in [-0.2, -0.15) is 0 Å². The van der Waals surface area contributed by atoms with Crippen molar-refractivity contribution in [2.75, 3.05) is 0 Å². The number of para-hydroxylation sites is 1. The summed E-state index contributed by atoms with van der Waals surface area (Å²) in [6.07, 6.45) is 3.68. The zero-order chi connectivity index (χ0) is 31.8. The molecule has 0 fully saturated rings. The Hall–Kier alpha value is -4.63. The van der Waals surface area contributed by atoms with Crippen molar-refractivity contribution in [3.05, 3.63) is 145 Å². The SMILES string of the molecule is CC(C)c1cccc2c1oc1cc(-c3[c-]cccc3)ncc12.[2H]C(C)(C)c1ccnc(-c2[c-]cc3c(ccc4ccccc43)c2)c1.[Ir]. The number of rotatable bonds is 4. The summed E-state index contributed by atoms with van der Waals surface area (Å²) in [6.45, 7) is 8.15. The van der Waals surface area contributed by atoms with Gasteiger partial charge in [-0.1, -0.05) is 105 Å². The smallest absolute Gasteiger partial charge is 0.138 e. The van der Waals surface area contributed by atoms with Crippen molar-refractivity contribution < 1.29 is 25.9 Å². The second-order valence-corrected chi connectivity index (χ2v) is 11.9. The van der Waals surface area contributed by atoms with Gasteiger partial charge in [0.25, 0.3) is 0 Å². The fourth-order valence-corrected chi connectivity index (χ4v) is 5.85. The predicted octanol–water partition coefficient (Wildman–Crippen LogP) is 11.5. The molecule has 0 atom stereocenters. The van der Waals surface area contributed by atoms with Gasteiger partial charge < -0.3 is 14.4 Å². The summed E-state index contributed by atoms with van der Waals surface area (Å²) in [5.41, 5.74) is 7.74. The van der Waals surface area contributed by atoms with Crippen molar-refractivity contribution in [3.8, 4) is 22.5 Å². The van der Waals surface area contributed by atoms with E-state index in [0.29, 0.717) is 5.92 Å². The summed E-state index contributed by atoms with van der Waals surface area (Å²) < 4.78 is 14.4. The van der Waals surface area contributed by atoms with E-state index in [1.54, 1.807) is 6.20 Å². The molecule has 0 bridgehead atoms. The van der Waals surface area contributed by atoms with Crippen LogP contribution in [-0.4, -0.2) is 9.97 Å². The zero-order valence-corrected chi connectivity index (χ0v) is 28.7. The van der Waals surface area contributed by atoms with E-state index >= 15 is 0 Å². The van der Waals surface area contributed by atoms with E-state index in [0.717, 1.165) is 50.0 Å². The van der Waals surface area contributed by atoms with Crippen LogP contribution < -0.4 is 0 Å². The van der Waals surface area contributed by atoms with Crippen molar-refractivity contribution in [1.82, 2.24) is 9.97 Å². The van der Waals surface area contributed by atoms with Gasteiger partial charge >= 0.3 is 0 Å². The molecule has 5 aromatic carbocycles. The van der Waals surface area contributed by atoms with Crippen LogP contribution in [-0.2, 0) is 20.1 Å². The first-order valence-electron chi connectivity index (χ1n) is 15.8. The largest absolute Gasteiger partial charge is 0.456 e. The fraction of sp³-hybridized carbons (Fsp3) is 0.143. The number of benzene rings is 5. The number of fused-ring (bicyclic) bond motifs is 6. The van der Waals surface area contributed by atoms with Gasteiger partial charge in [-0.15, -0.1) is 65.0 Å². The van der Waals surface area contributed by atoms with Crippen LogP contribution in [0.3, 0.4) is 0 Å². The van der Waals surface area contributed by atoms with Crippen LogP contribution in [0.15, 0.2) is 126 Å². The molecule has 46 heavy (non-hydrogen) atoms. The van der Waals surface area contributed by atoms with Crippen LogP contribution in [0.5, 0.6) is 0 Å². The Bertz CT molecular complexity index is 2340. The summed E-state index contributed by atoms with van der Waals surface area (Å²) in [4.78, 5) is 9.06. The Morgan fingerprint density at radius 2 is 1.46 bits per heavy atom. The average molecular weight is 776 g/mol. The Kier molecular flexibility index (Phi) is 8.74. The quantitative estimate of drug-likeness (QED) is 0.132. The third kappa shape index (κ3) is 6.11. The van der Waals surface area contributed by atoms with Gasteiger partial charge in [0.2, 0.25) is 0 Å². The maximum atomic E-state index is 8.22. The summed E-state index contributed by atoms with van der Waals surface area (Å²) >= 11 is 0.